The van der Waals surface area contributed by atoms with E-state index in [4.69, 9.17) is 10.5 Å². The molecule has 1 heterocycles. The third-order valence-corrected chi connectivity index (χ3v) is 3.84. The van der Waals surface area contributed by atoms with Crippen LogP contribution >= 0.6 is 0 Å². The maximum atomic E-state index is 12.3. The average molecular weight is 292 g/mol. The molecule has 2 atom stereocenters. The summed E-state index contributed by atoms with van der Waals surface area (Å²) >= 11 is 0. The standard InChI is InChI=1S/C16H24N2O3/c1-10(2)15-16(20)18(3)12-9-11(6-7-14(12)21-15)13(19)5-4-8-17/h6-7,9-10,13,15,19H,4-5,8,17H2,1-3H3. The first-order valence-corrected chi connectivity index (χ1v) is 7.42. The van der Waals surface area contributed by atoms with Crippen LogP contribution in [-0.4, -0.2) is 30.7 Å². The number of carbonyl (C=O) groups excluding carboxylic acids is 1. The van der Waals surface area contributed by atoms with Crippen molar-refractivity contribution in [3.8, 4) is 5.75 Å². The maximum absolute atomic E-state index is 12.3. The van der Waals surface area contributed by atoms with Crippen molar-refractivity contribution in [2.75, 3.05) is 18.5 Å². The topological polar surface area (TPSA) is 75.8 Å². The van der Waals surface area contributed by atoms with Gasteiger partial charge < -0.3 is 20.5 Å². The van der Waals surface area contributed by atoms with E-state index in [1.807, 2.05) is 32.0 Å². The van der Waals surface area contributed by atoms with E-state index >= 15 is 0 Å². The van der Waals surface area contributed by atoms with Gasteiger partial charge in [-0.2, -0.15) is 0 Å². The van der Waals surface area contributed by atoms with E-state index in [1.165, 1.54) is 0 Å². The zero-order valence-electron chi connectivity index (χ0n) is 12.9. The van der Waals surface area contributed by atoms with Crippen molar-refractivity contribution in [1.82, 2.24) is 0 Å². The van der Waals surface area contributed by atoms with Crippen molar-refractivity contribution in [2.24, 2.45) is 11.7 Å². The molecule has 5 nitrogen and oxygen atoms in total. The lowest BCUT2D eigenvalue weighted by Gasteiger charge is -2.34. The van der Waals surface area contributed by atoms with Crippen LogP contribution in [0.1, 0.15) is 38.4 Å². The quantitative estimate of drug-likeness (QED) is 0.868. The van der Waals surface area contributed by atoms with Crippen LogP contribution in [0.15, 0.2) is 18.2 Å². The Morgan fingerprint density at radius 3 is 2.76 bits per heavy atom. The van der Waals surface area contributed by atoms with Crippen molar-refractivity contribution >= 4 is 11.6 Å². The number of ether oxygens (including phenoxy) is 1. The number of aliphatic hydroxyl groups excluding tert-OH is 1. The molecule has 0 aromatic heterocycles. The lowest BCUT2D eigenvalue weighted by molar-refractivity contribution is -0.127. The zero-order chi connectivity index (χ0) is 15.6. The highest BCUT2D eigenvalue weighted by Gasteiger charge is 2.34. The van der Waals surface area contributed by atoms with Gasteiger partial charge in [0.05, 0.1) is 11.8 Å². The average Bonchev–Trinajstić information content (AvgIpc) is 2.47. The molecule has 1 aromatic rings. The Morgan fingerprint density at radius 2 is 2.14 bits per heavy atom. The molecule has 116 valence electrons. The van der Waals surface area contributed by atoms with Crippen LogP contribution in [0.25, 0.3) is 0 Å². The number of likely N-dealkylation sites (N-methyl/N-ethyl adjacent to an activating group) is 1. The third-order valence-electron chi connectivity index (χ3n) is 3.84. The predicted octanol–water partition coefficient (Wildman–Crippen LogP) is 1.84. The Morgan fingerprint density at radius 1 is 1.43 bits per heavy atom. The minimum atomic E-state index is -0.565. The van der Waals surface area contributed by atoms with Gasteiger partial charge in [0.15, 0.2) is 6.10 Å². The molecule has 3 N–H and O–H groups in total. The molecular weight excluding hydrogens is 268 g/mol. The van der Waals surface area contributed by atoms with Crippen LogP contribution in [0.5, 0.6) is 5.75 Å². The van der Waals surface area contributed by atoms with Gasteiger partial charge in [0, 0.05) is 7.05 Å². The number of hydrogen-bond acceptors (Lipinski definition) is 4. The van der Waals surface area contributed by atoms with Gasteiger partial charge in [-0.15, -0.1) is 0 Å². The summed E-state index contributed by atoms with van der Waals surface area (Å²) in [4.78, 5) is 13.9. The van der Waals surface area contributed by atoms with E-state index in [0.717, 1.165) is 12.0 Å². The van der Waals surface area contributed by atoms with Crippen molar-refractivity contribution in [1.29, 1.82) is 0 Å². The lowest BCUT2D eigenvalue weighted by atomic mass is 10.0. The highest BCUT2D eigenvalue weighted by Crippen LogP contribution is 2.37. The second-order valence-corrected chi connectivity index (χ2v) is 5.85. The number of aliphatic hydroxyl groups is 1. The molecule has 1 amide bonds. The second-order valence-electron chi connectivity index (χ2n) is 5.85. The van der Waals surface area contributed by atoms with Gasteiger partial charge >= 0.3 is 0 Å². The van der Waals surface area contributed by atoms with Gasteiger partial charge in [-0.05, 0) is 43.0 Å². The van der Waals surface area contributed by atoms with Crippen molar-refractivity contribution in [3.63, 3.8) is 0 Å². The van der Waals surface area contributed by atoms with Crippen LogP contribution < -0.4 is 15.4 Å². The van der Waals surface area contributed by atoms with Gasteiger partial charge in [-0.25, -0.2) is 0 Å². The summed E-state index contributed by atoms with van der Waals surface area (Å²) in [6.07, 6.45) is 0.363. The summed E-state index contributed by atoms with van der Waals surface area (Å²) in [5, 5.41) is 10.1. The molecule has 0 saturated carbocycles. The fourth-order valence-electron chi connectivity index (χ4n) is 2.50. The number of rotatable bonds is 5. The largest absolute Gasteiger partial charge is 0.478 e. The summed E-state index contributed by atoms with van der Waals surface area (Å²) in [6, 6.07) is 5.50. The van der Waals surface area contributed by atoms with Gasteiger partial charge in [-0.1, -0.05) is 19.9 Å². The molecule has 0 fully saturated rings. The van der Waals surface area contributed by atoms with E-state index in [0.29, 0.717) is 24.4 Å². The van der Waals surface area contributed by atoms with Crippen molar-refractivity contribution in [2.45, 2.75) is 38.9 Å². The fraction of sp³-hybridized carbons (Fsp3) is 0.562. The number of anilines is 1. The van der Waals surface area contributed by atoms with E-state index in [1.54, 1.807) is 11.9 Å². The van der Waals surface area contributed by atoms with Crippen molar-refractivity contribution < 1.29 is 14.6 Å². The molecule has 1 aliphatic rings. The van der Waals surface area contributed by atoms with Crippen LogP contribution in [0, 0.1) is 5.92 Å². The zero-order valence-corrected chi connectivity index (χ0v) is 12.9. The minimum Gasteiger partial charge on any atom is -0.478 e. The molecule has 0 aliphatic carbocycles. The number of amides is 1. The highest BCUT2D eigenvalue weighted by molar-refractivity contribution is 5.99. The van der Waals surface area contributed by atoms with Gasteiger partial charge in [0.1, 0.15) is 5.75 Å². The first-order chi connectivity index (χ1) is 9.95. The van der Waals surface area contributed by atoms with E-state index in [-0.39, 0.29) is 11.8 Å². The number of benzene rings is 1. The summed E-state index contributed by atoms with van der Waals surface area (Å²) < 4.78 is 5.80. The Labute approximate surface area is 125 Å². The third kappa shape index (κ3) is 3.19. The predicted molar refractivity (Wildman–Crippen MR) is 82.4 cm³/mol. The fourth-order valence-corrected chi connectivity index (χ4v) is 2.50. The summed E-state index contributed by atoms with van der Waals surface area (Å²) in [6.45, 7) is 4.48. The molecule has 0 bridgehead atoms. The lowest BCUT2D eigenvalue weighted by Crippen LogP contribution is -2.46. The normalized spacial score (nSPS) is 19.4. The maximum Gasteiger partial charge on any atom is 0.268 e. The molecular formula is C16H24N2O3. The molecule has 1 aromatic carbocycles. The molecule has 2 rings (SSSR count). The van der Waals surface area contributed by atoms with Crippen molar-refractivity contribution in [3.05, 3.63) is 23.8 Å². The highest BCUT2D eigenvalue weighted by atomic mass is 16.5. The van der Waals surface area contributed by atoms with Crippen LogP contribution in [0.4, 0.5) is 5.69 Å². The summed E-state index contributed by atoms with van der Waals surface area (Å²) in [5.41, 5.74) is 6.96. The van der Waals surface area contributed by atoms with E-state index in [9.17, 15) is 9.90 Å². The van der Waals surface area contributed by atoms with Gasteiger partial charge in [-0.3, -0.25) is 4.79 Å². The Bertz CT molecular complexity index is 516. The Kier molecular flexibility index (Phi) is 4.85. The van der Waals surface area contributed by atoms with Crippen LogP contribution in [0.3, 0.4) is 0 Å². The smallest absolute Gasteiger partial charge is 0.268 e. The van der Waals surface area contributed by atoms with Gasteiger partial charge in [0.2, 0.25) is 0 Å². The van der Waals surface area contributed by atoms with E-state index < -0.39 is 12.2 Å². The van der Waals surface area contributed by atoms with Crippen LogP contribution in [0.2, 0.25) is 0 Å². The molecule has 0 spiro atoms. The molecule has 21 heavy (non-hydrogen) atoms. The van der Waals surface area contributed by atoms with E-state index in [2.05, 4.69) is 0 Å². The molecule has 2 unspecified atom stereocenters. The summed E-state index contributed by atoms with van der Waals surface area (Å²) in [5.74, 6) is 0.750. The SMILES string of the molecule is CC(C)C1Oc2ccc(C(O)CCCN)cc2N(C)C1=O. The number of hydrogen-bond donors (Lipinski definition) is 2. The first-order valence-electron chi connectivity index (χ1n) is 7.42. The minimum absolute atomic E-state index is 0.0499. The number of fused-ring (bicyclic) bond motifs is 1. The number of nitrogens with two attached hydrogens (primary N) is 1. The molecule has 1 aliphatic heterocycles. The van der Waals surface area contributed by atoms with Crippen LogP contribution in [-0.2, 0) is 4.79 Å². The summed E-state index contributed by atoms with van der Waals surface area (Å²) in [7, 11) is 1.75. The number of nitrogens with zero attached hydrogens (tertiary/aromatic N) is 1. The Hall–Kier alpha value is -1.59. The molecule has 0 saturated heterocycles. The first kappa shape index (κ1) is 15.8. The Balaban J connectivity index is 2.27. The monoisotopic (exact) mass is 292 g/mol. The number of carbonyl (C=O) groups is 1. The molecule has 0 radical (unpaired) electrons. The molecule has 5 heteroatoms. The van der Waals surface area contributed by atoms with Gasteiger partial charge in [0.25, 0.3) is 5.91 Å². The second kappa shape index (κ2) is 6.45.